The van der Waals surface area contributed by atoms with Crippen molar-refractivity contribution < 1.29 is 4.74 Å². The van der Waals surface area contributed by atoms with Gasteiger partial charge in [-0.1, -0.05) is 25.5 Å². The van der Waals surface area contributed by atoms with Crippen LogP contribution >= 0.6 is 0 Å². The summed E-state index contributed by atoms with van der Waals surface area (Å²) in [6.45, 7) is 5.25. The topological polar surface area (TPSA) is 27.1 Å². The lowest BCUT2D eigenvalue weighted by Gasteiger charge is -2.21. The van der Waals surface area contributed by atoms with Crippen molar-refractivity contribution in [3.8, 4) is 5.75 Å². The summed E-state index contributed by atoms with van der Waals surface area (Å²) in [7, 11) is 1.78. The van der Waals surface area contributed by atoms with E-state index in [1.807, 2.05) is 6.20 Å². The van der Waals surface area contributed by atoms with Gasteiger partial charge < -0.3 is 9.30 Å². The molecule has 0 aliphatic heterocycles. The van der Waals surface area contributed by atoms with E-state index in [1.54, 1.807) is 7.11 Å². The highest BCUT2D eigenvalue weighted by molar-refractivity contribution is 5.62. The Balaban J connectivity index is 1.96. The number of methoxy groups -OCH3 is 1. The lowest BCUT2D eigenvalue weighted by Crippen LogP contribution is -2.08. The Morgan fingerprint density at radius 1 is 1.25 bits per heavy atom. The first-order valence-corrected chi connectivity index (χ1v) is 9.08. The molecular formula is C21H28N2O. The second kappa shape index (κ2) is 7.69. The smallest absolute Gasteiger partial charge is 0.122 e. The molecule has 3 nitrogen and oxygen atoms in total. The van der Waals surface area contributed by atoms with Gasteiger partial charge in [0.2, 0.25) is 0 Å². The number of ether oxygens (including phenoxy) is 1. The molecule has 3 rings (SSSR count). The maximum atomic E-state index is 5.59. The van der Waals surface area contributed by atoms with Crippen LogP contribution in [0.2, 0.25) is 0 Å². The fraction of sp³-hybridized carbons (Fsp3) is 0.476. The summed E-state index contributed by atoms with van der Waals surface area (Å²) >= 11 is 0. The number of hydrogen-bond donors (Lipinski definition) is 0. The summed E-state index contributed by atoms with van der Waals surface area (Å²) in [6, 6.07) is 4.38. The standard InChI is InChI=1S/C21H28N2O/c1-4-7-17(15-23-13-12-22-16(23)2)14-18-10-11-21(24-3)20-9-6-5-8-19(18)20/h10-14H,4-9,15H2,1-3H3/b17-14+. The van der Waals surface area contributed by atoms with Crippen LogP contribution in [0, 0.1) is 6.92 Å². The van der Waals surface area contributed by atoms with E-state index in [9.17, 15) is 0 Å². The SMILES string of the molecule is CCC/C(=C\c1ccc(OC)c2c1CCCC2)Cn1ccnc1C. The molecule has 0 radical (unpaired) electrons. The molecule has 0 unspecified atom stereocenters. The quantitative estimate of drug-likeness (QED) is 0.750. The van der Waals surface area contributed by atoms with E-state index in [1.165, 1.54) is 41.5 Å². The Bertz CT molecular complexity index is 727. The zero-order chi connectivity index (χ0) is 16.9. The normalized spacial score (nSPS) is 14.5. The second-order valence-corrected chi connectivity index (χ2v) is 6.68. The molecule has 1 aromatic heterocycles. The van der Waals surface area contributed by atoms with Gasteiger partial charge in [0.25, 0.3) is 0 Å². The Hall–Kier alpha value is -2.03. The molecule has 0 amide bonds. The number of benzene rings is 1. The number of nitrogens with zero attached hydrogens (tertiary/aromatic N) is 2. The molecule has 0 fully saturated rings. The molecule has 3 heteroatoms. The van der Waals surface area contributed by atoms with E-state index in [-0.39, 0.29) is 0 Å². The number of rotatable bonds is 6. The van der Waals surface area contributed by atoms with Crippen LogP contribution in [0.25, 0.3) is 6.08 Å². The Morgan fingerprint density at radius 2 is 2.04 bits per heavy atom. The van der Waals surface area contributed by atoms with Gasteiger partial charge in [-0.05, 0) is 67.4 Å². The molecule has 24 heavy (non-hydrogen) atoms. The fourth-order valence-electron chi connectivity index (χ4n) is 3.72. The van der Waals surface area contributed by atoms with Crippen LogP contribution in [-0.2, 0) is 19.4 Å². The third-order valence-corrected chi connectivity index (χ3v) is 4.98. The minimum atomic E-state index is 0.931. The average molecular weight is 324 g/mol. The Morgan fingerprint density at radius 3 is 2.71 bits per heavy atom. The molecule has 0 bridgehead atoms. The van der Waals surface area contributed by atoms with Gasteiger partial charge in [0.05, 0.1) is 7.11 Å². The van der Waals surface area contributed by atoms with E-state index < -0.39 is 0 Å². The highest BCUT2D eigenvalue weighted by Crippen LogP contribution is 2.33. The fourth-order valence-corrected chi connectivity index (χ4v) is 3.72. The van der Waals surface area contributed by atoms with Gasteiger partial charge in [-0.3, -0.25) is 0 Å². The maximum absolute atomic E-state index is 5.59. The van der Waals surface area contributed by atoms with Crippen molar-refractivity contribution in [3.05, 3.63) is 52.6 Å². The van der Waals surface area contributed by atoms with Crippen molar-refractivity contribution in [2.24, 2.45) is 0 Å². The molecule has 0 atom stereocenters. The van der Waals surface area contributed by atoms with Gasteiger partial charge in [0.15, 0.2) is 0 Å². The summed E-state index contributed by atoms with van der Waals surface area (Å²) in [5.41, 5.74) is 5.77. The van der Waals surface area contributed by atoms with Crippen molar-refractivity contribution in [1.29, 1.82) is 0 Å². The first-order chi connectivity index (χ1) is 11.7. The number of aryl methyl sites for hydroxylation is 1. The minimum Gasteiger partial charge on any atom is -0.496 e. The largest absolute Gasteiger partial charge is 0.496 e. The zero-order valence-corrected chi connectivity index (χ0v) is 15.1. The summed E-state index contributed by atoms with van der Waals surface area (Å²) in [5.74, 6) is 2.14. The van der Waals surface area contributed by atoms with E-state index in [0.717, 1.165) is 37.4 Å². The third-order valence-electron chi connectivity index (χ3n) is 4.98. The predicted octanol–water partition coefficient (Wildman–Crippen LogP) is 4.96. The number of allylic oxidation sites excluding steroid dienone is 1. The highest BCUT2D eigenvalue weighted by Gasteiger charge is 2.17. The molecule has 128 valence electrons. The summed E-state index contributed by atoms with van der Waals surface area (Å²) in [5, 5.41) is 0. The van der Waals surface area contributed by atoms with E-state index >= 15 is 0 Å². The Kier molecular flexibility index (Phi) is 5.39. The second-order valence-electron chi connectivity index (χ2n) is 6.68. The number of hydrogen-bond acceptors (Lipinski definition) is 2. The van der Waals surface area contributed by atoms with Crippen LogP contribution in [0.5, 0.6) is 5.75 Å². The number of aromatic nitrogens is 2. The minimum absolute atomic E-state index is 0.931. The van der Waals surface area contributed by atoms with Gasteiger partial charge in [-0.25, -0.2) is 4.98 Å². The lowest BCUT2D eigenvalue weighted by atomic mass is 9.86. The first kappa shape index (κ1) is 16.8. The maximum Gasteiger partial charge on any atom is 0.122 e. The zero-order valence-electron chi connectivity index (χ0n) is 15.1. The van der Waals surface area contributed by atoms with Crippen LogP contribution in [-0.4, -0.2) is 16.7 Å². The van der Waals surface area contributed by atoms with Gasteiger partial charge in [0, 0.05) is 18.9 Å². The van der Waals surface area contributed by atoms with Crippen LogP contribution in [0.3, 0.4) is 0 Å². The van der Waals surface area contributed by atoms with Gasteiger partial charge >= 0.3 is 0 Å². The van der Waals surface area contributed by atoms with Crippen molar-refractivity contribution in [1.82, 2.24) is 9.55 Å². The van der Waals surface area contributed by atoms with Gasteiger partial charge in [-0.2, -0.15) is 0 Å². The molecule has 1 aromatic carbocycles. The predicted molar refractivity (Wildman–Crippen MR) is 99.5 cm³/mol. The highest BCUT2D eigenvalue weighted by atomic mass is 16.5. The van der Waals surface area contributed by atoms with E-state index in [4.69, 9.17) is 4.74 Å². The number of fused-ring (bicyclic) bond motifs is 1. The van der Waals surface area contributed by atoms with Crippen molar-refractivity contribution in [2.75, 3.05) is 7.11 Å². The summed E-state index contributed by atoms with van der Waals surface area (Å²) < 4.78 is 7.82. The summed E-state index contributed by atoms with van der Waals surface area (Å²) in [4.78, 5) is 4.35. The molecule has 0 spiro atoms. The molecule has 1 heterocycles. The number of imidazole rings is 1. The van der Waals surface area contributed by atoms with Crippen LogP contribution in [0.15, 0.2) is 30.1 Å². The van der Waals surface area contributed by atoms with Gasteiger partial charge in [-0.15, -0.1) is 0 Å². The van der Waals surface area contributed by atoms with Crippen LogP contribution < -0.4 is 4.74 Å². The molecule has 2 aromatic rings. The first-order valence-electron chi connectivity index (χ1n) is 9.08. The molecule has 0 saturated carbocycles. The van der Waals surface area contributed by atoms with E-state index in [0.29, 0.717) is 0 Å². The molecule has 1 aliphatic carbocycles. The van der Waals surface area contributed by atoms with Crippen LogP contribution in [0.4, 0.5) is 0 Å². The third kappa shape index (κ3) is 3.55. The molecule has 1 aliphatic rings. The Labute approximate surface area is 145 Å². The van der Waals surface area contributed by atoms with Gasteiger partial charge in [0.1, 0.15) is 11.6 Å². The van der Waals surface area contributed by atoms with Crippen LogP contribution in [0.1, 0.15) is 55.1 Å². The molecule has 0 saturated heterocycles. The average Bonchev–Trinajstić information content (AvgIpc) is 3.00. The van der Waals surface area contributed by atoms with Crippen molar-refractivity contribution in [3.63, 3.8) is 0 Å². The van der Waals surface area contributed by atoms with E-state index in [2.05, 4.69) is 47.8 Å². The monoisotopic (exact) mass is 324 g/mol. The lowest BCUT2D eigenvalue weighted by molar-refractivity contribution is 0.406. The molecule has 0 N–H and O–H groups in total. The summed E-state index contributed by atoms with van der Waals surface area (Å²) in [6.07, 6.45) is 13.5. The molecular weight excluding hydrogens is 296 g/mol. The van der Waals surface area contributed by atoms with Crippen molar-refractivity contribution >= 4 is 6.08 Å². The van der Waals surface area contributed by atoms with Crippen molar-refractivity contribution in [2.45, 2.75) is 58.9 Å².